The molecule has 0 bridgehead atoms. The van der Waals surface area contributed by atoms with Crippen molar-refractivity contribution in [3.8, 4) is 0 Å². The van der Waals surface area contributed by atoms with Gasteiger partial charge in [0, 0.05) is 19.3 Å². The van der Waals surface area contributed by atoms with Crippen molar-refractivity contribution < 1.29 is 5.11 Å². The Hall–Kier alpha value is -0.870. The zero-order valence-electron chi connectivity index (χ0n) is 12.0. The molecule has 19 heavy (non-hydrogen) atoms. The third-order valence-electron chi connectivity index (χ3n) is 4.22. The van der Waals surface area contributed by atoms with Gasteiger partial charge in [0.1, 0.15) is 0 Å². The molecule has 1 saturated carbocycles. The van der Waals surface area contributed by atoms with Crippen LogP contribution in [0.3, 0.4) is 0 Å². The summed E-state index contributed by atoms with van der Waals surface area (Å²) in [5.74, 6) is 0.571. The van der Waals surface area contributed by atoms with E-state index in [-0.39, 0.29) is 6.61 Å². The van der Waals surface area contributed by atoms with E-state index in [0.717, 1.165) is 31.6 Å². The summed E-state index contributed by atoms with van der Waals surface area (Å²) < 4.78 is 2.15. The molecular formula is C15H27N3O. The topological polar surface area (TPSA) is 50.1 Å². The summed E-state index contributed by atoms with van der Waals surface area (Å²) >= 11 is 0. The first-order chi connectivity index (χ1) is 9.33. The van der Waals surface area contributed by atoms with Gasteiger partial charge in [-0.05, 0) is 37.8 Å². The van der Waals surface area contributed by atoms with Gasteiger partial charge in [0.05, 0.1) is 11.7 Å². The van der Waals surface area contributed by atoms with Gasteiger partial charge in [0.25, 0.3) is 0 Å². The lowest BCUT2D eigenvalue weighted by molar-refractivity contribution is 0.251. The van der Waals surface area contributed by atoms with E-state index >= 15 is 0 Å². The van der Waals surface area contributed by atoms with Crippen LogP contribution in [0.2, 0.25) is 0 Å². The van der Waals surface area contributed by atoms with Crippen LogP contribution in [0.1, 0.15) is 57.2 Å². The Balaban J connectivity index is 1.73. The largest absolute Gasteiger partial charge is 0.396 e. The Kier molecular flexibility index (Phi) is 5.86. The third kappa shape index (κ3) is 4.32. The molecule has 1 aliphatic rings. The maximum absolute atomic E-state index is 8.97. The van der Waals surface area contributed by atoms with Crippen LogP contribution in [0.4, 0.5) is 0 Å². The molecule has 0 radical (unpaired) electrons. The highest BCUT2D eigenvalue weighted by atomic mass is 16.3. The van der Waals surface area contributed by atoms with Gasteiger partial charge in [-0.15, -0.1) is 0 Å². The Morgan fingerprint density at radius 2 is 2.26 bits per heavy atom. The molecule has 2 N–H and O–H groups in total. The van der Waals surface area contributed by atoms with Gasteiger partial charge in [-0.2, -0.15) is 5.10 Å². The Morgan fingerprint density at radius 3 is 2.95 bits per heavy atom. The van der Waals surface area contributed by atoms with Gasteiger partial charge < -0.3 is 10.4 Å². The summed E-state index contributed by atoms with van der Waals surface area (Å²) in [6.45, 7) is 4.27. The summed E-state index contributed by atoms with van der Waals surface area (Å²) in [4.78, 5) is 0. The average molecular weight is 265 g/mol. The smallest absolute Gasteiger partial charge is 0.0762 e. The molecule has 1 atom stereocenters. The van der Waals surface area contributed by atoms with Gasteiger partial charge >= 0.3 is 0 Å². The molecule has 0 aliphatic heterocycles. The summed E-state index contributed by atoms with van der Waals surface area (Å²) in [5.41, 5.74) is 1.13. The monoisotopic (exact) mass is 265 g/mol. The molecule has 108 valence electrons. The van der Waals surface area contributed by atoms with Gasteiger partial charge in [-0.3, -0.25) is 4.68 Å². The summed E-state index contributed by atoms with van der Waals surface area (Å²) in [6.07, 6.45) is 9.38. The highest BCUT2D eigenvalue weighted by molar-refractivity contribution is 4.99. The van der Waals surface area contributed by atoms with Crippen LogP contribution >= 0.6 is 0 Å². The van der Waals surface area contributed by atoms with Crippen LogP contribution in [-0.2, 0) is 6.54 Å². The second-order valence-electron chi connectivity index (χ2n) is 5.64. The van der Waals surface area contributed by atoms with Crippen molar-refractivity contribution in [2.45, 2.75) is 58.0 Å². The van der Waals surface area contributed by atoms with E-state index in [4.69, 9.17) is 5.11 Å². The number of aliphatic hydroxyl groups excluding tert-OH is 1. The molecule has 1 heterocycles. The van der Waals surface area contributed by atoms with Crippen LogP contribution < -0.4 is 5.32 Å². The normalized spacial score (nSPS) is 18.0. The highest BCUT2D eigenvalue weighted by Gasteiger charge is 2.17. The fraction of sp³-hybridized carbons (Fsp3) is 0.800. The average Bonchev–Trinajstić information content (AvgIpc) is 3.08. The molecule has 1 unspecified atom stereocenters. The maximum Gasteiger partial charge on any atom is 0.0762 e. The van der Waals surface area contributed by atoms with Crippen molar-refractivity contribution in [3.05, 3.63) is 18.0 Å². The lowest BCUT2D eigenvalue weighted by Gasteiger charge is -2.13. The second-order valence-corrected chi connectivity index (χ2v) is 5.64. The molecule has 1 aromatic heterocycles. The lowest BCUT2D eigenvalue weighted by atomic mass is 10.0. The number of nitrogens with one attached hydrogen (secondary N) is 1. The molecule has 0 amide bonds. The van der Waals surface area contributed by atoms with Gasteiger partial charge in [0.15, 0.2) is 0 Å². The minimum Gasteiger partial charge on any atom is -0.396 e. The molecule has 1 aliphatic carbocycles. The van der Waals surface area contributed by atoms with Crippen LogP contribution in [0, 0.1) is 5.92 Å². The summed E-state index contributed by atoms with van der Waals surface area (Å²) in [7, 11) is 0. The zero-order valence-corrected chi connectivity index (χ0v) is 12.0. The Bertz CT molecular complexity index is 358. The van der Waals surface area contributed by atoms with E-state index in [0.29, 0.717) is 12.0 Å². The molecule has 0 saturated heterocycles. The fourth-order valence-corrected chi connectivity index (χ4v) is 2.88. The van der Waals surface area contributed by atoms with E-state index in [2.05, 4.69) is 34.3 Å². The Labute approximate surface area is 116 Å². The molecule has 4 nitrogen and oxygen atoms in total. The first kappa shape index (κ1) is 14.5. The van der Waals surface area contributed by atoms with Gasteiger partial charge in [-0.25, -0.2) is 0 Å². The fourth-order valence-electron chi connectivity index (χ4n) is 2.88. The van der Waals surface area contributed by atoms with Crippen molar-refractivity contribution in [1.82, 2.24) is 15.1 Å². The molecule has 4 heteroatoms. The van der Waals surface area contributed by atoms with E-state index in [9.17, 15) is 0 Å². The number of hydrogen-bond donors (Lipinski definition) is 2. The van der Waals surface area contributed by atoms with Crippen molar-refractivity contribution in [3.63, 3.8) is 0 Å². The predicted molar refractivity (Wildman–Crippen MR) is 76.9 cm³/mol. The standard InChI is InChI=1S/C15H27N3O/c1-2-13(8-10-19)11-16-12-14-7-9-18(17-14)15-5-3-4-6-15/h7,9,13,15-16,19H,2-6,8,10-12H2,1H3. The molecule has 2 rings (SSSR count). The first-order valence-corrected chi connectivity index (χ1v) is 7.69. The van der Waals surface area contributed by atoms with E-state index in [1.807, 2.05) is 0 Å². The lowest BCUT2D eigenvalue weighted by Crippen LogP contribution is -2.23. The van der Waals surface area contributed by atoms with Crippen molar-refractivity contribution >= 4 is 0 Å². The predicted octanol–water partition coefficient (Wildman–Crippen LogP) is 2.50. The van der Waals surface area contributed by atoms with Gasteiger partial charge in [0.2, 0.25) is 0 Å². The van der Waals surface area contributed by atoms with E-state index < -0.39 is 0 Å². The van der Waals surface area contributed by atoms with Crippen molar-refractivity contribution in [2.75, 3.05) is 13.2 Å². The highest BCUT2D eigenvalue weighted by Crippen LogP contribution is 2.28. The number of aromatic nitrogens is 2. The van der Waals surface area contributed by atoms with Crippen molar-refractivity contribution in [2.24, 2.45) is 5.92 Å². The van der Waals surface area contributed by atoms with Gasteiger partial charge in [-0.1, -0.05) is 26.2 Å². The van der Waals surface area contributed by atoms with Crippen LogP contribution in [0.15, 0.2) is 12.3 Å². The SMILES string of the molecule is CCC(CCO)CNCc1ccn(C2CCCC2)n1. The molecule has 1 fully saturated rings. The number of hydrogen-bond acceptors (Lipinski definition) is 3. The Morgan fingerprint density at radius 1 is 1.47 bits per heavy atom. The number of aliphatic hydroxyl groups is 1. The molecule has 0 spiro atoms. The quantitative estimate of drug-likeness (QED) is 0.759. The summed E-state index contributed by atoms with van der Waals surface area (Å²) in [6, 6.07) is 2.75. The summed E-state index contributed by atoms with van der Waals surface area (Å²) in [5, 5.41) is 17.1. The van der Waals surface area contributed by atoms with Crippen molar-refractivity contribution in [1.29, 1.82) is 0 Å². The van der Waals surface area contributed by atoms with Crippen LogP contribution in [0.25, 0.3) is 0 Å². The minimum absolute atomic E-state index is 0.288. The minimum atomic E-state index is 0.288. The molecule has 1 aromatic rings. The number of rotatable bonds is 8. The third-order valence-corrected chi connectivity index (χ3v) is 4.22. The number of nitrogens with zero attached hydrogens (tertiary/aromatic N) is 2. The maximum atomic E-state index is 8.97. The molecule has 0 aromatic carbocycles. The molecular weight excluding hydrogens is 238 g/mol. The second kappa shape index (κ2) is 7.65. The first-order valence-electron chi connectivity index (χ1n) is 7.69. The zero-order chi connectivity index (χ0) is 13.5. The van der Waals surface area contributed by atoms with E-state index in [1.54, 1.807) is 0 Å². The van der Waals surface area contributed by atoms with Crippen LogP contribution in [-0.4, -0.2) is 28.0 Å². The van der Waals surface area contributed by atoms with Crippen LogP contribution in [0.5, 0.6) is 0 Å². The van der Waals surface area contributed by atoms with E-state index in [1.165, 1.54) is 25.7 Å².